The molecule has 1 atom stereocenters. The van der Waals surface area contributed by atoms with E-state index < -0.39 is 11.0 Å². The third kappa shape index (κ3) is 1.59. The summed E-state index contributed by atoms with van der Waals surface area (Å²) in [6.07, 6.45) is 5.28. The Balaban J connectivity index is 2.59. The van der Waals surface area contributed by atoms with Crippen molar-refractivity contribution in [2.45, 2.75) is 32.7 Å². The molecule has 0 aromatic carbocycles. The molecular formula is C14H16N2O2. The van der Waals surface area contributed by atoms with E-state index in [0.717, 1.165) is 0 Å². The average Bonchev–Trinajstić information content (AvgIpc) is 2.32. The Bertz CT molecular complexity index is 517. The van der Waals surface area contributed by atoms with Crippen molar-refractivity contribution in [2.24, 2.45) is 5.41 Å². The molecule has 0 bridgehead atoms. The summed E-state index contributed by atoms with van der Waals surface area (Å²) >= 11 is 0. The highest BCUT2D eigenvalue weighted by molar-refractivity contribution is 6.15. The summed E-state index contributed by atoms with van der Waals surface area (Å²) < 4.78 is 0. The molecule has 2 aliphatic rings. The average molecular weight is 244 g/mol. The molecule has 1 unspecified atom stereocenters. The Kier molecular flexibility index (Phi) is 2.66. The van der Waals surface area contributed by atoms with Gasteiger partial charge in [-0.1, -0.05) is 32.9 Å². The van der Waals surface area contributed by atoms with Crippen molar-refractivity contribution in [3.63, 3.8) is 0 Å². The van der Waals surface area contributed by atoms with Crippen LogP contribution in [0, 0.1) is 16.7 Å². The maximum Gasteiger partial charge on any atom is 0.248 e. The Morgan fingerprint density at radius 3 is 2.56 bits per heavy atom. The molecule has 18 heavy (non-hydrogen) atoms. The topological polar surface area (TPSA) is 61.2 Å². The van der Waals surface area contributed by atoms with E-state index in [1.165, 1.54) is 11.0 Å². The summed E-state index contributed by atoms with van der Waals surface area (Å²) in [5, 5.41) is 9.42. The number of rotatable bonds is 0. The van der Waals surface area contributed by atoms with Gasteiger partial charge in [-0.05, 0) is 5.41 Å². The second-order valence-electron chi connectivity index (χ2n) is 5.73. The number of carbonyl (C=O) groups excluding carboxylic acids is 2. The quantitative estimate of drug-likeness (QED) is 0.608. The minimum Gasteiger partial charge on any atom is -0.310 e. The van der Waals surface area contributed by atoms with Crippen LogP contribution >= 0.6 is 0 Å². The first-order valence-corrected chi connectivity index (χ1v) is 5.98. The van der Waals surface area contributed by atoms with Crippen molar-refractivity contribution in [2.75, 3.05) is 6.54 Å². The number of amides is 1. The molecule has 4 heteroatoms. The summed E-state index contributed by atoms with van der Waals surface area (Å²) in [4.78, 5) is 26.1. The molecule has 0 fully saturated rings. The SMILES string of the molecule is CC(C)(C)C1=CC(=O)N2CC=CCC2(C#N)C1=O. The summed E-state index contributed by atoms with van der Waals surface area (Å²) in [5.74, 6) is -0.480. The van der Waals surface area contributed by atoms with Crippen LogP contribution in [0.5, 0.6) is 0 Å². The van der Waals surface area contributed by atoms with Crippen molar-refractivity contribution in [1.82, 2.24) is 4.90 Å². The Labute approximate surface area is 107 Å². The number of nitriles is 1. The first-order valence-electron chi connectivity index (χ1n) is 5.98. The number of Topliss-reactive ketones (excluding diaryl/α,β-unsaturated/α-hetero) is 1. The smallest absolute Gasteiger partial charge is 0.248 e. The Morgan fingerprint density at radius 1 is 1.33 bits per heavy atom. The van der Waals surface area contributed by atoms with Gasteiger partial charge in [-0.15, -0.1) is 0 Å². The number of fused-ring (bicyclic) bond motifs is 1. The zero-order valence-corrected chi connectivity index (χ0v) is 10.9. The highest BCUT2D eigenvalue weighted by Crippen LogP contribution is 2.38. The highest BCUT2D eigenvalue weighted by atomic mass is 16.2. The summed E-state index contributed by atoms with van der Waals surface area (Å²) in [6.45, 7) is 5.96. The fraction of sp³-hybridized carbons (Fsp3) is 0.500. The zero-order valence-electron chi connectivity index (χ0n) is 10.9. The van der Waals surface area contributed by atoms with E-state index in [1.54, 1.807) is 6.08 Å². The molecule has 0 aliphatic carbocycles. The molecule has 0 radical (unpaired) electrons. The van der Waals surface area contributed by atoms with Crippen LogP contribution in [0.15, 0.2) is 23.8 Å². The lowest BCUT2D eigenvalue weighted by molar-refractivity contribution is -0.140. The minimum absolute atomic E-state index is 0.235. The van der Waals surface area contributed by atoms with Gasteiger partial charge in [0.05, 0.1) is 6.07 Å². The van der Waals surface area contributed by atoms with Gasteiger partial charge in [0.1, 0.15) is 0 Å². The zero-order chi connectivity index (χ0) is 13.6. The van der Waals surface area contributed by atoms with Crippen LogP contribution in [0.2, 0.25) is 0 Å². The lowest BCUT2D eigenvalue weighted by Gasteiger charge is -2.43. The molecular weight excluding hydrogens is 228 g/mol. The molecule has 0 saturated carbocycles. The fourth-order valence-electron chi connectivity index (χ4n) is 2.40. The van der Waals surface area contributed by atoms with E-state index >= 15 is 0 Å². The molecule has 4 nitrogen and oxygen atoms in total. The number of hydrogen-bond acceptors (Lipinski definition) is 3. The van der Waals surface area contributed by atoms with Gasteiger partial charge < -0.3 is 4.90 Å². The summed E-state index contributed by atoms with van der Waals surface area (Å²) in [7, 11) is 0. The molecule has 0 N–H and O–H groups in total. The van der Waals surface area contributed by atoms with Gasteiger partial charge >= 0.3 is 0 Å². The van der Waals surface area contributed by atoms with Crippen molar-refractivity contribution < 1.29 is 9.59 Å². The fourth-order valence-corrected chi connectivity index (χ4v) is 2.40. The van der Waals surface area contributed by atoms with Gasteiger partial charge in [-0.25, -0.2) is 0 Å². The van der Waals surface area contributed by atoms with Crippen molar-refractivity contribution >= 4 is 11.7 Å². The van der Waals surface area contributed by atoms with Gasteiger partial charge in [-0.2, -0.15) is 5.26 Å². The number of carbonyl (C=O) groups is 2. The number of ketones is 1. The third-order valence-electron chi connectivity index (χ3n) is 3.48. The maximum atomic E-state index is 12.6. The van der Waals surface area contributed by atoms with Crippen LogP contribution in [-0.2, 0) is 9.59 Å². The van der Waals surface area contributed by atoms with Crippen LogP contribution in [0.1, 0.15) is 27.2 Å². The van der Waals surface area contributed by atoms with Crippen LogP contribution in [0.25, 0.3) is 0 Å². The first kappa shape index (κ1) is 12.6. The highest BCUT2D eigenvalue weighted by Gasteiger charge is 2.52. The molecule has 0 saturated heterocycles. The lowest BCUT2D eigenvalue weighted by atomic mass is 9.72. The molecule has 2 rings (SSSR count). The van der Waals surface area contributed by atoms with E-state index in [0.29, 0.717) is 12.1 Å². The number of hydrogen-bond donors (Lipinski definition) is 0. The van der Waals surface area contributed by atoms with Crippen LogP contribution < -0.4 is 0 Å². The molecule has 0 aromatic rings. The predicted molar refractivity (Wildman–Crippen MR) is 66.4 cm³/mol. The van der Waals surface area contributed by atoms with E-state index in [2.05, 4.69) is 6.07 Å². The largest absolute Gasteiger partial charge is 0.310 e. The van der Waals surface area contributed by atoms with Gasteiger partial charge in [0.15, 0.2) is 11.3 Å². The minimum atomic E-state index is -1.33. The third-order valence-corrected chi connectivity index (χ3v) is 3.48. The Morgan fingerprint density at radius 2 is 2.00 bits per heavy atom. The van der Waals surface area contributed by atoms with Crippen LogP contribution in [0.3, 0.4) is 0 Å². The van der Waals surface area contributed by atoms with Crippen molar-refractivity contribution in [3.8, 4) is 6.07 Å². The van der Waals surface area contributed by atoms with E-state index in [-0.39, 0.29) is 18.1 Å². The molecule has 94 valence electrons. The summed E-state index contributed by atoms with van der Waals surface area (Å²) in [5.41, 5.74) is -1.31. The van der Waals surface area contributed by atoms with Gasteiger partial charge in [0.25, 0.3) is 0 Å². The predicted octanol–water partition coefficient (Wildman–Crippen LogP) is 1.59. The van der Waals surface area contributed by atoms with Crippen LogP contribution in [0.4, 0.5) is 0 Å². The molecule has 1 amide bonds. The van der Waals surface area contributed by atoms with Gasteiger partial charge in [-0.3, -0.25) is 9.59 Å². The van der Waals surface area contributed by atoms with Gasteiger partial charge in [0, 0.05) is 24.6 Å². The monoisotopic (exact) mass is 244 g/mol. The molecule has 0 spiro atoms. The maximum absolute atomic E-state index is 12.6. The first-order chi connectivity index (χ1) is 8.33. The van der Waals surface area contributed by atoms with Crippen LogP contribution in [-0.4, -0.2) is 28.7 Å². The molecule has 2 heterocycles. The lowest BCUT2D eigenvalue weighted by Crippen LogP contribution is -2.60. The molecule has 0 aromatic heterocycles. The summed E-state index contributed by atoms with van der Waals surface area (Å²) in [6, 6.07) is 2.07. The normalized spacial score (nSPS) is 27.7. The Hall–Kier alpha value is -1.89. The second-order valence-corrected chi connectivity index (χ2v) is 5.73. The van der Waals surface area contributed by atoms with E-state index in [1.807, 2.05) is 26.8 Å². The van der Waals surface area contributed by atoms with E-state index in [4.69, 9.17) is 0 Å². The molecule has 2 aliphatic heterocycles. The second kappa shape index (κ2) is 3.81. The van der Waals surface area contributed by atoms with Crippen molar-refractivity contribution in [3.05, 3.63) is 23.8 Å². The van der Waals surface area contributed by atoms with Gasteiger partial charge in [0.2, 0.25) is 5.91 Å². The van der Waals surface area contributed by atoms with Crippen molar-refractivity contribution in [1.29, 1.82) is 5.26 Å². The standard InChI is InChI=1S/C14H16N2O2/c1-13(2,3)10-8-11(17)16-7-5-4-6-14(16,9-15)12(10)18/h4-5,8H,6-7H2,1-3H3. The van der Waals surface area contributed by atoms with E-state index in [9.17, 15) is 14.9 Å². The number of nitrogens with zero attached hydrogens (tertiary/aromatic N) is 2.